The van der Waals surface area contributed by atoms with E-state index in [1.54, 1.807) is 6.07 Å². The molecule has 0 bridgehead atoms. The normalized spacial score (nSPS) is 18.1. The molecule has 20 heavy (non-hydrogen) atoms. The monoisotopic (exact) mass is 342 g/mol. The average molecular weight is 343 g/mol. The molecule has 1 aliphatic carbocycles. The Hall–Kier alpha value is -0.450. The first kappa shape index (κ1) is 15.9. The molecule has 3 N–H and O–H groups in total. The molecule has 0 aromatic heterocycles. The Kier molecular flexibility index (Phi) is 6.46. The quantitative estimate of drug-likeness (QED) is 0.596. The highest BCUT2D eigenvalue weighted by Crippen LogP contribution is 2.28. The highest BCUT2D eigenvalue weighted by molar-refractivity contribution is 9.10. The number of hydrogen-bond donors (Lipinski definition) is 2. The minimum atomic E-state index is -0.147. The van der Waals surface area contributed by atoms with Crippen LogP contribution in [0.1, 0.15) is 50.5 Å². The zero-order chi connectivity index (χ0) is 14.4. The van der Waals surface area contributed by atoms with Crippen LogP contribution >= 0.6 is 15.9 Å². The van der Waals surface area contributed by atoms with Gasteiger partial charge < -0.3 is 0 Å². The third-order valence-electron chi connectivity index (χ3n) is 4.36. The maximum absolute atomic E-state index is 13.8. The van der Waals surface area contributed by atoms with Crippen molar-refractivity contribution >= 4 is 15.9 Å². The Morgan fingerprint density at radius 2 is 2.05 bits per heavy atom. The van der Waals surface area contributed by atoms with Crippen molar-refractivity contribution < 1.29 is 4.39 Å². The fourth-order valence-electron chi connectivity index (χ4n) is 3.12. The van der Waals surface area contributed by atoms with Crippen molar-refractivity contribution in [2.24, 2.45) is 11.8 Å². The maximum atomic E-state index is 13.8. The Labute approximate surface area is 129 Å². The van der Waals surface area contributed by atoms with Gasteiger partial charge in [-0.25, -0.2) is 4.39 Å². The lowest BCUT2D eigenvalue weighted by atomic mass is 9.84. The summed E-state index contributed by atoms with van der Waals surface area (Å²) >= 11 is 3.39. The van der Waals surface area contributed by atoms with Crippen LogP contribution < -0.4 is 11.3 Å². The van der Waals surface area contributed by atoms with Gasteiger partial charge in [0.2, 0.25) is 0 Å². The van der Waals surface area contributed by atoms with Crippen molar-refractivity contribution in [3.63, 3.8) is 0 Å². The average Bonchev–Trinajstić information content (AvgIpc) is 2.48. The number of halogens is 2. The first-order chi connectivity index (χ1) is 9.69. The van der Waals surface area contributed by atoms with Gasteiger partial charge in [0.25, 0.3) is 0 Å². The summed E-state index contributed by atoms with van der Waals surface area (Å²) < 4.78 is 14.7. The van der Waals surface area contributed by atoms with Crippen molar-refractivity contribution in [2.75, 3.05) is 0 Å². The first-order valence-electron chi connectivity index (χ1n) is 7.59. The van der Waals surface area contributed by atoms with E-state index < -0.39 is 0 Å². The number of hydrazine groups is 1. The van der Waals surface area contributed by atoms with E-state index in [4.69, 9.17) is 5.84 Å². The van der Waals surface area contributed by atoms with E-state index in [9.17, 15) is 4.39 Å². The van der Waals surface area contributed by atoms with Crippen LogP contribution in [0.5, 0.6) is 0 Å². The Bertz CT molecular complexity index is 419. The molecule has 1 unspecified atom stereocenters. The zero-order valence-corrected chi connectivity index (χ0v) is 13.5. The van der Waals surface area contributed by atoms with E-state index in [1.165, 1.54) is 44.6 Å². The van der Waals surface area contributed by atoms with Crippen LogP contribution in [0, 0.1) is 11.7 Å². The molecule has 1 fully saturated rings. The molecule has 1 aliphatic rings. The van der Waals surface area contributed by atoms with Crippen LogP contribution in [-0.2, 0) is 6.42 Å². The van der Waals surface area contributed by atoms with Gasteiger partial charge >= 0.3 is 0 Å². The second kappa shape index (κ2) is 8.11. The van der Waals surface area contributed by atoms with Gasteiger partial charge in [0.15, 0.2) is 0 Å². The van der Waals surface area contributed by atoms with Crippen molar-refractivity contribution in [3.8, 4) is 0 Å². The highest BCUT2D eigenvalue weighted by Gasteiger charge is 2.17. The summed E-state index contributed by atoms with van der Waals surface area (Å²) in [6, 6.07) is 5.24. The van der Waals surface area contributed by atoms with Crippen molar-refractivity contribution in [3.05, 3.63) is 34.1 Å². The van der Waals surface area contributed by atoms with E-state index in [-0.39, 0.29) is 11.9 Å². The minimum Gasteiger partial charge on any atom is -0.271 e. The molecule has 112 valence electrons. The molecular formula is C16H24BrFN2. The second-order valence-electron chi connectivity index (χ2n) is 5.88. The summed E-state index contributed by atoms with van der Waals surface area (Å²) in [5, 5.41) is 0. The van der Waals surface area contributed by atoms with Crippen molar-refractivity contribution in [1.82, 2.24) is 5.43 Å². The van der Waals surface area contributed by atoms with Crippen LogP contribution in [0.2, 0.25) is 0 Å². The lowest BCUT2D eigenvalue weighted by molar-refractivity contribution is 0.312. The molecule has 0 saturated heterocycles. The van der Waals surface area contributed by atoms with Gasteiger partial charge in [-0.05, 0) is 48.9 Å². The van der Waals surface area contributed by atoms with Gasteiger partial charge in [0, 0.05) is 10.5 Å². The summed E-state index contributed by atoms with van der Waals surface area (Å²) in [4.78, 5) is 0. The second-order valence-corrected chi connectivity index (χ2v) is 6.80. The Balaban J connectivity index is 1.86. The van der Waals surface area contributed by atoms with Gasteiger partial charge in [-0.2, -0.15) is 0 Å². The molecular weight excluding hydrogens is 319 g/mol. The largest absolute Gasteiger partial charge is 0.271 e. The standard InChI is InChI=1S/C16H24BrFN2/c17-14-7-9-16(18)13(10-14)11-15(20-19)8-6-12-4-2-1-3-5-12/h7,9-10,12,15,20H,1-6,8,11,19H2. The first-order valence-corrected chi connectivity index (χ1v) is 8.38. The fourth-order valence-corrected chi connectivity index (χ4v) is 3.53. The zero-order valence-electron chi connectivity index (χ0n) is 11.9. The number of hydrogen-bond acceptors (Lipinski definition) is 2. The number of nitrogens with one attached hydrogen (secondary N) is 1. The molecule has 1 atom stereocenters. The van der Waals surface area contributed by atoms with E-state index in [2.05, 4.69) is 21.4 Å². The van der Waals surface area contributed by atoms with Crippen LogP contribution in [0.3, 0.4) is 0 Å². The fraction of sp³-hybridized carbons (Fsp3) is 0.625. The number of benzene rings is 1. The molecule has 1 aromatic carbocycles. The van der Waals surface area contributed by atoms with Gasteiger partial charge in [0.05, 0.1) is 0 Å². The lowest BCUT2D eigenvalue weighted by Crippen LogP contribution is -2.37. The van der Waals surface area contributed by atoms with Gasteiger partial charge in [0.1, 0.15) is 5.82 Å². The minimum absolute atomic E-state index is 0.147. The highest BCUT2D eigenvalue weighted by atomic mass is 79.9. The van der Waals surface area contributed by atoms with Crippen LogP contribution in [-0.4, -0.2) is 6.04 Å². The molecule has 0 heterocycles. The summed E-state index contributed by atoms with van der Waals surface area (Å²) in [6.45, 7) is 0. The summed E-state index contributed by atoms with van der Waals surface area (Å²) in [6.07, 6.45) is 9.69. The molecule has 2 rings (SSSR count). The molecule has 1 saturated carbocycles. The van der Waals surface area contributed by atoms with E-state index >= 15 is 0 Å². The van der Waals surface area contributed by atoms with E-state index in [0.717, 1.165) is 22.4 Å². The lowest BCUT2D eigenvalue weighted by Gasteiger charge is -2.24. The van der Waals surface area contributed by atoms with E-state index in [1.807, 2.05) is 6.07 Å². The molecule has 4 heteroatoms. The molecule has 0 spiro atoms. The summed E-state index contributed by atoms with van der Waals surface area (Å²) in [7, 11) is 0. The number of rotatable bonds is 6. The van der Waals surface area contributed by atoms with E-state index in [0.29, 0.717) is 6.42 Å². The topological polar surface area (TPSA) is 38.0 Å². The van der Waals surface area contributed by atoms with Gasteiger partial charge in [-0.1, -0.05) is 48.0 Å². The predicted molar refractivity (Wildman–Crippen MR) is 84.7 cm³/mol. The SMILES string of the molecule is NNC(CCC1CCCCC1)Cc1cc(Br)ccc1F. The summed E-state index contributed by atoms with van der Waals surface area (Å²) in [5.74, 6) is 6.33. The van der Waals surface area contributed by atoms with Gasteiger partial charge in [-0.15, -0.1) is 0 Å². The molecule has 2 nitrogen and oxygen atoms in total. The molecule has 1 aromatic rings. The van der Waals surface area contributed by atoms with Crippen LogP contribution in [0.15, 0.2) is 22.7 Å². The Morgan fingerprint density at radius 3 is 2.75 bits per heavy atom. The third kappa shape index (κ3) is 4.83. The Morgan fingerprint density at radius 1 is 1.30 bits per heavy atom. The van der Waals surface area contributed by atoms with Crippen LogP contribution in [0.25, 0.3) is 0 Å². The molecule has 0 aliphatic heterocycles. The number of nitrogens with two attached hydrogens (primary N) is 1. The van der Waals surface area contributed by atoms with Gasteiger partial charge in [-0.3, -0.25) is 11.3 Å². The molecule has 0 amide bonds. The summed E-state index contributed by atoms with van der Waals surface area (Å²) in [5.41, 5.74) is 3.58. The smallest absolute Gasteiger partial charge is 0.126 e. The van der Waals surface area contributed by atoms with Crippen LogP contribution in [0.4, 0.5) is 4.39 Å². The van der Waals surface area contributed by atoms with Crippen molar-refractivity contribution in [1.29, 1.82) is 0 Å². The van der Waals surface area contributed by atoms with Crippen molar-refractivity contribution in [2.45, 2.75) is 57.4 Å². The third-order valence-corrected chi connectivity index (χ3v) is 4.85. The predicted octanol–water partition coefficient (Wildman–Crippen LogP) is 4.32. The maximum Gasteiger partial charge on any atom is 0.126 e. The molecule has 0 radical (unpaired) electrons.